The Balaban J connectivity index is 1.36. The molecule has 8 heteroatoms. The fraction of sp³-hybridized carbons (Fsp3) is 0.261. The highest BCUT2D eigenvalue weighted by molar-refractivity contribution is 6.04. The first kappa shape index (κ1) is 19.2. The van der Waals surface area contributed by atoms with E-state index in [1.165, 1.54) is 0 Å². The molecule has 2 amide bonds. The highest BCUT2D eigenvalue weighted by Gasteiger charge is 2.26. The van der Waals surface area contributed by atoms with Gasteiger partial charge >= 0.3 is 0 Å². The van der Waals surface area contributed by atoms with Crippen LogP contribution >= 0.6 is 0 Å². The first-order valence-corrected chi connectivity index (χ1v) is 10.2. The summed E-state index contributed by atoms with van der Waals surface area (Å²) < 4.78 is 7.02. The van der Waals surface area contributed by atoms with Crippen LogP contribution in [0, 0.1) is 0 Å². The van der Waals surface area contributed by atoms with Crippen molar-refractivity contribution in [1.82, 2.24) is 14.7 Å². The van der Waals surface area contributed by atoms with Gasteiger partial charge in [-0.3, -0.25) is 9.59 Å². The number of nitrogens with zero attached hydrogens (tertiary/aromatic N) is 4. The molecule has 0 spiro atoms. The van der Waals surface area contributed by atoms with E-state index in [1.54, 1.807) is 36.3 Å². The van der Waals surface area contributed by atoms with Crippen molar-refractivity contribution in [3.63, 3.8) is 0 Å². The molecule has 0 saturated heterocycles. The molecule has 0 radical (unpaired) electrons. The molecule has 0 bridgehead atoms. The summed E-state index contributed by atoms with van der Waals surface area (Å²) >= 11 is 0. The van der Waals surface area contributed by atoms with Crippen molar-refractivity contribution in [3.8, 4) is 5.75 Å². The zero-order valence-electron chi connectivity index (χ0n) is 17.5. The predicted molar refractivity (Wildman–Crippen MR) is 117 cm³/mol. The number of methoxy groups -OCH3 is 1. The standard InChI is InChI=1S/C23H23N5O3/c1-26-10-9-16-13-17(5-8-19(16)23(26)30)27-11-12-28-21(27)14-20(25-28)24-22(29)15-3-6-18(31-2)7-4-15/h3-8,13-14H,9-12H2,1-2H3,(H,24,25,29). The summed E-state index contributed by atoms with van der Waals surface area (Å²) in [7, 11) is 3.42. The third kappa shape index (κ3) is 3.39. The molecule has 3 heterocycles. The number of amides is 2. The molecule has 1 aromatic heterocycles. The lowest BCUT2D eigenvalue weighted by molar-refractivity contribution is 0.0780. The summed E-state index contributed by atoms with van der Waals surface area (Å²) in [4.78, 5) is 28.8. The van der Waals surface area contributed by atoms with Crippen LogP contribution in [0.1, 0.15) is 26.3 Å². The molecule has 3 aromatic rings. The molecule has 1 N–H and O–H groups in total. The normalized spacial score (nSPS) is 15.0. The Labute approximate surface area is 180 Å². The van der Waals surface area contributed by atoms with Crippen LogP contribution in [-0.4, -0.2) is 53.7 Å². The Morgan fingerprint density at radius 2 is 1.87 bits per heavy atom. The summed E-state index contributed by atoms with van der Waals surface area (Å²) in [6.07, 6.45) is 0.849. The Morgan fingerprint density at radius 1 is 1.06 bits per heavy atom. The lowest BCUT2D eigenvalue weighted by atomic mass is 9.98. The van der Waals surface area contributed by atoms with Crippen molar-refractivity contribution >= 4 is 29.1 Å². The first-order valence-electron chi connectivity index (χ1n) is 10.2. The Morgan fingerprint density at radius 3 is 2.65 bits per heavy atom. The average molecular weight is 417 g/mol. The lowest BCUT2D eigenvalue weighted by Crippen LogP contribution is -2.34. The Bertz CT molecular complexity index is 1170. The van der Waals surface area contributed by atoms with Crippen LogP contribution in [0.15, 0.2) is 48.5 Å². The molecule has 8 nitrogen and oxygen atoms in total. The summed E-state index contributed by atoms with van der Waals surface area (Å²) in [6, 6.07) is 14.8. The summed E-state index contributed by atoms with van der Waals surface area (Å²) in [5, 5.41) is 7.40. The molecule has 2 aliphatic rings. The van der Waals surface area contributed by atoms with E-state index in [4.69, 9.17) is 4.74 Å². The monoisotopic (exact) mass is 417 g/mol. The number of anilines is 3. The van der Waals surface area contributed by atoms with Crippen LogP contribution in [0.25, 0.3) is 0 Å². The van der Waals surface area contributed by atoms with Gasteiger partial charge in [-0.2, -0.15) is 5.10 Å². The molecule has 0 saturated carbocycles. The van der Waals surface area contributed by atoms with E-state index >= 15 is 0 Å². The van der Waals surface area contributed by atoms with Gasteiger partial charge in [0, 0.05) is 43.0 Å². The van der Waals surface area contributed by atoms with Gasteiger partial charge in [-0.25, -0.2) is 4.68 Å². The molecule has 2 aromatic carbocycles. The molecule has 31 heavy (non-hydrogen) atoms. The van der Waals surface area contributed by atoms with Crippen LogP contribution in [0.2, 0.25) is 0 Å². The van der Waals surface area contributed by atoms with E-state index < -0.39 is 0 Å². The highest BCUT2D eigenvalue weighted by atomic mass is 16.5. The molecule has 158 valence electrons. The van der Waals surface area contributed by atoms with E-state index in [0.29, 0.717) is 17.1 Å². The van der Waals surface area contributed by atoms with E-state index in [-0.39, 0.29) is 11.8 Å². The third-order valence-corrected chi connectivity index (χ3v) is 5.86. The van der Waals surface area contributed by atoms with Crippen molar-refractivity contribution in [2.24, 2.45) is 0 Å². The fourth-order valence-electron chi connectivity index (χ4n) is 4.11. The predicted octanol–water partition coefficient (Wildman–Crippen LogP) is 2.92. The number of fused-ring (bicyclic) bond motifs is 2. The Kier molecular flexibility index (Phi) is 4.62. The second-order valence-corrected chi connectivity index (χ2v) is 7.76. The van der Waals surface area contributed by atoms with Gasteiger partial charge in [0.1, 0.15) is 11.6 Å². The number of nitrogens with one attached hydrogen (secondary N) is 1. The minimum Gasteiger partial charge on any atom is -0.497 e. The molecular weight excluding hydrogens is 394 g/mol. The van der Waals surface area contributed by atoms with Crippen molar-refractivity contribution in [2.45, 2.75) is 13.0 Å². The molecule has 0 aliphatic carbocycles. The number of rotatable bonds is 4. The van der Waals surface area contributed by atoms with Gasteiger partial charge in [-0.1, -0.05) is 0 Å². The van der Waals surface area contributed by atoms with Crippen LogP contribution in [0.4, 0.5) is 17.3 Å². The van der Waals surface area contributed by atoms with Crippen LogP contribution in [0.5, 0.6) is 5.75 Å². The molecule has 2 aliphatic heterocycles. The number of carbonyl (C=O) groups is 2. The number of ether oxygens (including phenoxy) is 1. The maximum absolute atomic E-state index is 12.6. The topological polar surface area (TPSA) is 79.7 Å². The SMILES string of the molecule is COc1ccc(C(=O)Nc2cc3n(n2)CCN3c2ccc3c(c2)CCN(C)C3=O)cc1. The van der Waals surface area contributed by atoms with Gasteiger partial charge in [0.2, 0.25) is 0 Å². The number of carbonyl (C=O) groups excluding carboxylic acids is 2. The second kappa shape index (κ2) is 7.46. The molecule has 0 atom stereocenters. The quantitative estimate of drug-likeness (QED) is 0.706. The molecule has 5 rings (SSSR count). The summed E-state index contributed by atoms with van der Waals surface area (Å²) in [5.74, 6) is 1.98. The van der Waals surface area contributed by atoms with E-state index in [2.05, 4.69) is 21.4 Å². The van der Waals surface area contributed by atoms with Crippen LogP contribution < -0.4 is 15.0 Å². The van der Waals surface area contributed by atoms with E-state index in [0.717, 1.165) is 48.7 Å². The van der Waals surface area contributed by atoms with Gasteiger partial charge in [0.25, 0.3) is 11.8 Å². The number of hydrogen-bond acceptors (Lipinski definition) is 5. The third-order valence-electron chi connectivity index (χ3n) is 5.86. The summed E-state index contributed by atoms with van der Waals surface area (Å²) in [6.45, 7) is 2.25. The zero-order valence-corrected chi connectivity index (χ0v) is 17.5. The van der Waals surface area contributed by atoms with Gasteiger partial charge < -0.3 is 19.9 Å². The highest BCUT2D eigenvalue weighted by Crippen LogP contribution is 2.34. The van der Waals surface area contributed by atoms with Gasteiger partial charge in [0.05, 0.1) is 13.7 Å². The zero-order chi connectivity index (χ0) is 21.5. The minimum absolute atomic E-state index is 0.0720. The second-order valence-electron chi connectivity index (χ2n) is 7.76. The van der Waals surface area contributed by atoms with Crippen molar-refractivity contribution in [2.75, 3.05) is 37.5 Å². The smallest absolute Gasteiger partial charge is 0.256 e. The number of hydrogen-bond donors (Lipinski definition) is 1. The number of aromatic nitrogens is 2. The van der Waals surface area contributed by atoms with Gasteiger partial charge in [0.15, 0.2) is 5.82 Å². The van der Waals surface area contributed by atoms with Crippen LogP contribution in [-0.2, 0) is 13.0 Å². The number of likely N-dealkylation sites (N-methyl/N-ethyl adjacent to an activating group) is 1. The summed E-state index contributed by atoms with van der Waals surface area (Å²) in [5.41, 5.74) is 3.42. The fourth-order valence-corrected chi connectivity index (χ4v) is 4.11. The van der Waals surface area contributed by atoms with Gasteiger partial charge in [-0.05, 0) is 54.4 Å². The van der Waals surface area contributed by atoms with Crippen molar-refractivity contribution in [3.05, 3.63) is 65.2 Å². The molecule has 0 unspecified atom stereocenters. The maximum atomic E-state index is 12.6. The molecule has 0 fully saturated rings. The first-order chi connectivity index (χ1) is 15.0. The van der Waals surface area contributed by atoms with Crippen molar-refractivity contribution in [1.29, 1.82) is 0 Å². The minimum atomic E-state index is -0.220. The van der Waals surface area contributed by atoms with Gasteiger partial charge in [-0.15, -0.1) is 0 Å². The van der Waals surface area contributed by atoms with E-state index in [1.807, 2.05) is 29.9 Å². The number of benzene rings is 2. The average Bonchev–Trinajstić information content (AvgIpc) is 3.36. The molecular formula is C23H23N5O3. The largest absolute Gasteiger partial charge is 0.497 e. The maximum Gasteiger partial charge on any atom is 0.256 e. The van der Waals surface area contributed by atoms with E-state index in [9.17, 15) is 9.59 Å². The van der Waals surface area contributed by atoms with Crippen LogP contribution in [0.3, 0.4) is 0 Å². The van der Waals surface area contributed by atoms with Crippen molar-refractivity contribution < 1.29 is 14.3 Å². The Hall–Kier alpha value is -3.81. The lowest BCUT2D eigenvalue weighted by Gasteiger charge is -2.26.